The van der Waals surface area contributed by atoms with E-state index in [0.29, 0.717) is 13.0 Å². The smallest absolute Gasteiger partial charge is 0.123 e. The second kappa shape index (κ2) is 5.41. The molecule has 1 rings (SSSR count). The van der Waals surface area contributed by atoms with Crippen LogP contribution in [0, 0.1) is 5.82 Å². The molecule has 1 aromatic rings. The van der Waals surface area contributed by atoms with E-state index in [9.17, 15) is 9.50 Å². The predicted octanol–water partition coefficient (Wildman–Crippen LogP) is 2.20. The molecule has 0 amide bonds. The molecule has 3 N–H and O–H groups in total. The molecule has 0 aliphatic heterocycles. The minimum absolute atomic E-state index is 0.190. The van der Waals surface area contributed by atoms with Crippen LogP contribution in [-0.2, 0) is 5.41 Å². The van der Waals surface area contributed by atoms with Crippen LogP contribution >= 0.6 is 0 Å². The van der Waals surface area contributed by atoms with Crippen molar-refractivity contribution in [1.29, 1.82) is 0 Å². The lowest BCUT2D eigenvalue weighted by molar-refractivity contribution is 0.170. The summed E-state index contributed by atoms with van der Waals surface area (Å²) in [6.07, 6.45) is 1.17. The van der Waals surface area contributed by atoms with E-state index in [4.69, 9.17) is 5.73 Å². The van der Waals surface area contributed by atoms with Gasteiger partial charge in [0.25, 0.3) is 0 Å². The Kier molecular flexibility index (Phi) is 4.44. The maximum Gasteiger partial charge on any atom is 0.123 e. The minimum atomic E-state index is -0.327. The van der Waals surface area contributed by atoms with Crippen molar-refractivity contribution in [3.63, 3.8) is 0 Å². The second-order valence-corrected chi connectivity index (χ2v) is 4.66. The molecule has 3 heteroatoms. The van der Waals surface area contributed by atoms with E-state index in [1.807, 2.05) is 6.92 Å². The third-order valence-electron chi connectivity index (χ3n) is 3.11. The van der Waals surface area contributed by atoms with Crippen molar-refractivity contribution in [1.82, 2.24) is 0 Å². The van der Waals surface area contributed by atoms with Gasteiger partial charge in [0.2, 0.25) is 0 Å². The van der Waals surface area contributed by atoms with Crippen molar-refractivity contribution in [3.8, 4) is 0 Å². The molecule has 0 heterocycles. The first-order chi connectivity index (χ1) is 7.48. The van der Waals surface area contributed by atoms with Crippen LogP contribution in [-0.4, -0.2) is 17.8 Å². The Labute approximate surface area is 96.3 Å². The van der Waals surface area contributed by atoms with Gasteiger partial charge >= 0.3 is 0 Å². The summed E-state index contributed by atoms with van der Waals surface area (Å²) in [4.78, 5) is 0. The number of rotatable bonds is 5. The molecule has 0 bridgehead atoms. The Balaban J connectivity index is 2.82. The number of halogens is 1. The van der Waals surface area contributed by atoms with Gasteiger partial charge in [0.05, 0.1) is 6.10 Å². The highest BCUT2D eigenvalue weighted by Crippen LogP contribution is 2.28. The van der Waals surface area contributed by atoms with Gasteiger partial charge in [-0.1, -0.05) is 19.1 Å². The number of hydrogen-bond acceptors (Lipinski definition) is 2. The summed E-state index contributed by atoms with van der Waals surface area (Å²) in [5.41, 5.74) is 6.62. The first kappa shape index (κ1) is 13.1. The average Bonchev–Trinajstić information content (AvgIpc) is 2.27. The summed E-state index contributed by atoms with van der Waals surface area (Å²) in [6, 6.07) is 6.44. The minimum Gasteiger partial charge on any atom is -0.393 e. The monoisotopic (exact) mass is 225 g/mol. The van der Waals surface area contributed by atoms with Gasteiger partial charge in [-0.25, -0.2) is 4.39 Å². The summed E-state index contributed by atoms with van der Waals surface area (Å²) in [5.74, 6) is -0.237. The SMILES string of the molecule is CC(O)CCC(C)(CN)c1ccc(F)cc1. The average molecular weight is 225 g/mol. The quantitative estimate of drug-likeness (QED) is 0.807. The Morgan fingerprint density at radius 2 is 1.94 bits per heavy atom. The molecule has 2 unspecified atom stereocenters. The van der Waals surface area contributed by atoms with Gasteiger partial charge in [0.1, 0.15) is 5.82 Å². The van der Waals surface area contributed by atoms with Crippen molar-refractivity contribution in [2.75, 3.05) is 6.54 Å². The highest BCUT2D eigenvalue weighted by molar-refractivity contribution is 5.25. The van der Waals surface area contributed by atoms with Crippen LogP contribution in [0.5, 0.6) is 0 Å². The fourth-order valence-corrected chi connectivity index (χ4v) is 1.74. The lowest BCUT2D eigenvalue weighted by atomic mass is 9.78. The van der Waals surface area contributed by atoms with E-state index in [0.717, 1.165) is 12.0 Å². The van der Waals surface area contributed by atoms with Crippen molar-refractivity contribution in [2.45, 2.75) is 38.2 Å². The zero-order valence-electron chi connectivity index (χ0n) is 9.91. The van der Waals surface area contributed by atoms with Gasteiger partial charge in [-0.05, 0) is 37.5 Å². The van der Waals surface area contributed by atoms with Crippen LogP contribution < -0.4 is 5.73 Å². The Morgan fingerprint density at radius 1 is 1.38 bits per heavy atom. The zero-order chi connectivity index (χ0) is 12.2. The van der Waals surface area contributed by atoms with Gasteiger partial charge in [0, 0.05) is 12.0 Å². The summed E-state index contributed by atoms with van der Waals surface area (Å²) in [7, 11) is 0. The normalized spacial score (nSPS) is 16.8. The Hall–Kier alpha value is -0.930. The van der Waals surface area contributed by atoms with Crippen molar-refractivity contribution in [2.24, 2.45) is 5.73 Å². The third-order valence-corrected chi connectivity index (χ3v) is 3.11. The van der Waals surface area contributed by atoms with Crippen molar-refractivity contribution >= 4 is 0 Å². The summed E-state index contributed by atoms with van der Waals surface area (Å²) in [6.45, 7) is 4.30. The summed E-state index contributed by atoms with van der Waals surface area (Å²) < 4.78 is 12.8. The number of nitrogens with two attached hydrogens (primary N) is 1. The standard InChI is InChI=1S/C13H20FNO/c1-10(16)7-8-13(2,9-15)11-3-5-12(14)6-4-11/h3-6,10,16H,7-9,15H2,1-2H3. The van der Waals surface area contributed by atoms with Crippen LogP contribution in [0.15, 0.2) is 24.3 Å². The summed E-state index contributed by atoms with van der Waals surface area (Å²) in [5, 5.41) is 9.30. The Morgan fingerprint density at radius 3 is 2.38 bits per heavy atom. The maximum atomic E-state index is 12.8. The van der Waals surface area contributed by atoms with Gasteiger partial charge < -0.3 is 10.8 Å². The lowest BCUT2D eigenvalue weighted by Crippen LogP contribution is -2.32. The predicted molar refractivity (Wildman–Crippen MR) is 63.7 cm³/mol. The fourth-order valence-electron chi connectivity index (χ4n) is 1.74. The molecule has 0 aliphatic rings. The van der Waals surface area contributed by atoms with Crippen LogP contribution in [0.4, 0.5) is 4.39 Å². The number of aliphatic hydroxyl groups is 1. The molecule has 0 saturated carbocycles. The molecule has 0 radical (unpaired) electrons. The topological polar surface area (TPSA) is 46.2 Å². The van der Waals surface area contributed by atoms with E-state index in [-0.39, 0.29) is 17.3 Å². The van der Waals surface area contributed by atoms with E-state index in [1.54, 1.807) is 19.1 Å². The molecule has 0 saturated heterocycles. The number of aliphatic hydroxyl groups excluding tert-OH is 1. The largest absolute Gasteiger partial charge is 0.393 e. The molecule has 2 atom stereocenters. The second-order valence-electron chi connectivity index (χ2n) is 4.66. The van der Waals surface area contributed by atoms with Crippen LogP contribution in [0.25, 0.3) is 0 Å². The maximum absolute atomic E-state index is 12.8. The summed E-state index contributed by atoms with van der Waals surface area (Å²) >= 11 is 0. The van der Waals surface area contributed by atoms with Crippen molar-refractivity contribution < 1.29 is 9.50 Å². The molecule has 0 spiro atoms. The highest BCUT2D eigenvalue weighted by Gasteiger charge is 2.25. The molecular formula is C13H20FNO. The zero-order valence-corrected chi connectivity index (χ0v) is 9.91. The molecule has 0 aliphatic carbocycles. The van der Waals surface area contributed by atoms with Gasteiger partial charge in [-0.2, -0.15) is 0 Å². The first-order valence-corrected chi connectivity index (χ1v) is 5.62. The molecule has 0 aromatic heterocycles. The third kappa shape index (κ3) is 3.29. The van der Waals surface area contributed by atoms with Gasteiger partial charge in [-0.15, -0.1) is 0 Å². The molecular weight excluding hydrogens is 205 g/mol. The lowest BCUT2D eigenvalue weighted by Gasteiger charge is -2.29. The van der Waals surface area contributed by atoms with Crippen LogP contribution in [0.2, 0.25) is 0 Å². The van der Waals surface area contributed by atoms with E-state index in [1.165, 1.54) is 12.1 Å². The van der Waals surface area contributed by atoms with Crippen molar-refractivity contribution in [3.05, 3.63) is 35.6 Å². The van der Waals surface area contributed by atoms with Gasteiger partial charge in [-0.3, -0.25) is 0 Å². The fraction of sp³-hybridized carbons (Fsp3) is 0.538. The molecule has 1 aromatic carbocycles. The first-order valence-electron chi connectivity index (χ1n) is 5.62. The van der Waals surface area contributed by atoms with E-state index in [2.05, 4.69) is 0 Å². The van der Waals surface area contributed by atoms with Crippen LogP contribution in [0.3, 0.4) is 0 Å². The number of hydrogen-bond donors (Lipinski definition) is 2. The van der Waals surface area contributed by atoms with Crippen LogP contribution in [0.1, 0.15) is 32.3 Å². The highest BCUT2D eigenvalue weighted by atomic mass is 19.1. The van der Waals surface area contributed by atoms with E-state index >= 15 is 0 Å². The van der Waals surface area contributed by atoms with Gasteiger partial charge in [0.15, 0.2) is 0 Å². The Bertz CT molecular complexity index is 323. The number of benzene rings is 1. The van der Waals surface area contributed by atoms with E-state index < -0.39 is 0 Å². The molecule has 16 heavy (non-hydrogen) atoms. The molecule has 2 nitrogen and oxygen atoms in total. The molecule has 0 fully saturated rings. The molecule has 90 valence electrons.